The Morgan fingerprint density at radius 3 is 2.86 bits per heavy atom. The molecule has 2 heterocycles. The molecule has 2 amide bonds. The van der Waals surface area contributed by atoms with Crippen LogP contribution in [-0.4, -0.2) is 16.4 Å². The Bertz CT molecular complexity index is 1130. The van der Waals surface area contributed by atoms with Crippen molar-refractivity contribution in [2.45, 2.75) is 39.2 Å². The van der Waals surface area contributed by atoms with Gasteiger partial charge in [0.1, 0.15) is 5.00 Å². The van der Waals surface area contributed by atoms with Crippen molar-refractivity contribution in [3.8, 4) is 0 Å². The fraction of sp³-hybridized carbons (Fsp3) is 0.350. The number of nitrogens with one attached hydrogen (secondary N) is 1. The number of benzene rings is 1. The normalized spacial score (nSPS) is 16.1. The highest BCUT2D eigenvalue weighted by Crippen LogP contribution is 2.39. The van der Waals surface area contributed by atoms with E-state index >= 15 is 0 Å². The van der Waals surface area contributed by atoms with Gasteiger partial charge in [0.15, 0.2) is 0 Å². The number of fused-ring (bicyclic) bond motifs is 2. The van der Waals surface area contributed by atoms with Crippen molar-refractivity contribution in [2.24, 2.45) is 11.7 Å². The third kappa shape index (κ3) is 3.49. The number of amides is 2. The van der Waals surface area contributed by atoms with Crippen LogP contribution in [0.3, 0.4) is 0 Å². The van der Waals surface area contributed by atoms with Crippen LogP contribution in [0.1, 0.15) is 40.6 Å². The highest BCUT2D eigenvalue weighted by atomic mass is 32.1. The van der Waals surface area contributed by atoms with Crippen molar-refractivity contribution in [3.05, 3.63) is 49.9 Å². The molecule has 0 aliphatic heterocycles. The number of rotatable bonds is 5. The Kier molecular flexibility index (Phi) is 5.07. The second-order valence-electron chi connectivity index (χ2n) is 7.21. The van der Waals surface area contributed by atoms with Gasteiger partial charge in [0.05, 0.1) is 15.8 Å². The monoisotopic (exact) mass is 415 g/mol. The molecule has 0 spiro atoms. The third-order valence-corrected chi connectivity index (χ3v) is 7.28. The number of thiophene rings is 1. The fourth-order valence-corrected chi connectivity index (χ4v) is 6.08. The Balaban J connectivity index is 1.52. The van der Waals surface area contributed by atoms with Crippen molar-refractivity contribution in [1.82, 2.24) is 4.57 Å². The summed E-state index contributed by atoms with van der Waals surface area (Å²) in [6.45, 7) is 2.48. The van der Waals surface area contributed by atoms with E-state index in [1.807, 2.05) is 24.3 Å². The predicted molar refractivity (Wildman–Crippen MR) is 113 cm³/mol. The number of aryl methyl sites for hydroxylation is 1. The summed E-state index contributed by atoms with van der Waals surface area (Å²) in [5, 5.41) is 3.40. The number of hydrogen-bond acceptors (Lipinski definition) is 5. The topological polar surface area (TPSA) is 94.2 Å². The Morgan fingerprint density at radius 1 is 1.29 bits per heavy atom. The Morgan fingerprint density at radius 2 is 2.07 bits per heavy atom. The van der Waals surface area contributed by atoms with Gasteiger partial charge in [-0.3, -0.25) is 19.0 Å². The lowest BCUT2D eigenvalue weighted by molar-refractivity contribution is -0.116. The standard InChI is InChI=1S/C20H21N3O3S2/c1-11-6-7-12-15(10-11)27-19(17(12)18(21)25)22-16(24)8-9-23-13-4-2-3-5-14(13)28-20(23)26/h2-5,11H,6-10H2,1H3,(H2,21,25)(H,22,24)/t11-/m0/s1. The summed E-state index contributed by atoms with van der Waals surface area (Å²) in [4.78, 5) is 37.8. The minimum atomic E-state index is -0.498. The van der Waals surface area contributed by atoms with Crippen molar-refractivity contribution in [2.75, 3.05) is 5.32 Å². The first kappa shape index (κ1) is 18.9. The van der Waals surface area contributed by atoms with Gasteiger partial charge >= 0.3 is 4.87 Å². The lowest BCUT2D eigenvalue weighted by atomic mass is 9.88. The van der Waals surface area contributed by atoms with Crippen LogP contribution in [-0.2, 0) is 24.2 Å². The molecule has 0 bridgehead atoms. The summed E-state index contributed by atoms with van der Waals surface area (Å²) in [6, 6.07) is 7.54. The molecule has 1 aromatic carbocycles. The second kappa shape index (κ2) is 7.52. The molecular weight excluding hydrogens is 394 g/mol. The van der Waals surface area contributed by atoms with E-state index in [2.05, 4.69) is 12.2 Å². The number of hydrogen-bond donors (Lipinski definition) is 2. The molecule has 0 unspecified atom stereocenters. The third-order valence-electron chi connectivity index (χ3n) is 5.15. The molecule has 4 rings (SSSR count). The van der Waals surface area contributed by atoms with E-state index in [1.54, 1.807) is 4.57 Å². The number of thiazole rings is 1. The molecule has 0 saturated heterocycles. The number of carbonyl (C=O) groups is 2. The minimum Gasteiger partial charge on any atom is -0.365 e. The van der Waals surface area contributed by atoms with E-state index in [0.717, 1.165) is 39.9 Å². The second-order valence-corrected chi connectivity index (χ2v) is 9.30. The first-order chi connectivity index (χ1) is 13.4. The molecule has 1 aliphatic carbocycles. The summed E-state index contributed by atoms with van der Waals surface area (Å²) in [5.74, 6) is -0.159. The summed E-state index contributed by atoms with van der Waals surface area (Å²) < 4.78 is 2.53. The maximum absolute atomic E-state index is 12.5. The maximum Gasteiger partial charge on any atom is 0.308 e. The van der Waals surface area contributed by atoms with Crippen LogP contribution < -0.4 is 15.9 Å². The van der Waals surface area contributed by atoms with Gasteiger partial charge in [-0.15, -0.1) is 11.3 Å². The van der Waals surface area contributed by atoms with Crippen LogP contribution >= 0.6 is 22.7 Å². The van der Waals surface area contributed by atoms with Crippen molar-refractivity contribution in [3.63, 3.8) is 0 Å². The Hall–Kier alpha value is -2.45. The zero-order valence-electron chi connectivity index (χ0n) is 15.5. The molecule has 146 valence electrons. The van der Waals surface area contributed by atoms with E-state index in [0.29, 0.717) is 23.0 Å². The fourth-order valence-electron chi connectivity index (χ4n) is 3.73. The summed E-state index contributed by atoms with van der Waals surface area (Å²) >= 11 is 2.63. The van der Waals surface area contributed by atoms with Gasteiger partial charge in [-0.25, -0.2) is 0 Å². The van der Waals surface area contributed by atoms with Crippen LogP contribution in [0, 0.1) is 5.92 Å². The molecule has 2 aromatic heterocycles. The first-order valence-electron chi connectivity index (χ1n) is 9.26. The molecule has 0 saturated carbocycles. The predicted octanol–water partition coefficient (Wildman–Crippen LogP) is 3.38. The summed E-state index contributed by atoms with van der Waals surface area (Å²) in [5.41, 5.74) is 7.88. The molecule has 1 aliphatic rings. The number of para-hydroxylation sites is 1. The lowest BCUT2D eigenvalue weighted by Crippen LogP contribution is -2.21. The highest BCUT2D eigenvalue weighted by molar-refractivity contribution is 7.17. The van der Waals surface area contributed by atoms with Crippen molar-refractivity contribution in [1.29, 1.82) is 0 Å². The number of anilines is 1. The van der Waals surface area contributed by atoms with Gasteiger partial charge in [-0.1, -0.05) is 30.4 Å². The molecular formula is C20H21N3O3S2. The van der Waals surface area contributed by atoms with E-state index in [9.17, 15) is 14.4 Å². The number of aromatic nitrogens is 1. The van der Waals surface area contributed by atoms with Crippen LogP contribution in [0.2, 0.25) is 0 Å². The van der Waals surface area contributed by atoms with Crippen LogP contribution in [0.5, 0.6) is 0 Å². The molecule has 0 radical (unpaired) electrons. The molecule has 1 atom stereocenters. The van der Waals surface area contributed by atoms with Gasteiger partial charge < -0.3 is 11.1 Å². The van der Waals surface area contributed by atoms with E-state index < -0.39 is 5.91 Å². The van der Waals surface area contributed by atoms with Crippen LogP contribution in [0.4, 0.5) is 5.00 Å². The largest absolute Gasteiger partial charge is 0.365 e. The molecule has 0 fully saturated rings. The average Bonchev–Trinajstić information content (AvgIpc) is 3.15. The van der Waals surface area contributed by atoms with Gasteiger partial charge in [-0.2, -0.15) is 0 Å². The minimum absolute atomic E-state index is 0.0765. The molecule has 3 N–H and O–H groups in total. The zero-order chi connectivity index (χ0) is 19.8. The smallest absolute Gasteiger partial charge is 0.308 e. The lowest BCUT2D eigenvalue weighted by Gasteiger charge is -2.18. The average molecular weight is 416 g/mol. The van der Waals surface area contributed by atoms with Gasteiger partial charge in [-0.05, 0) is 42.9 Å². The van der Waals surface area contributed by atoms with Gasteiger partial charge in [0, 0.05) is 17.8 Å². The zero-order valence-corrected chi connectivity index (χ0v) is 17.1. The van der Waals surface area contributed by atoms with Crippen LogP contribution in [0.25, 0.3) is 10.2 Å². The Labute approximate surface area is 170 Å². The highest BCUT2D eigenvalue weighted by Gasteiger charge is 2.27. The van der Waals surface area contributed by atoms with Crippen LogP contribution in [0.15, 0.2) is 29.1 Å². The summed E-state index contributed by atoms with van der Waals surface area (Å²) in [6.07, 6.45) is 2.90. The number of nitrogens with two attached hydrogens (primary N) is 1. The van der Waals surface area contributed by atoms with Crippen molar-refractivity contribution < 1.29 is 9.59 Å². The van der Waals surface area contributed by atoms with Gasteiger partial charge in [0.25, 0.3) is 5.91 Å². The SMILES string of the molecule is C[C@H]1CCc2c(sc(NC(=O)CCn3c(=O)sc4ccccc43)c2C(N)=O)C1. The van der Waals surface area contributed by atoms with E-state index in [1.165, 1.54) is 22.7 Å². The number of nitrogens with zero attached hydrogens (tertiary/aromatic N) is 1. The number of primary amides is 1. The number of carbonyl (C=O) groups excluding carboxylic acids is 2. The molecule has 3 aromatic rings. The molecule has 6 nitrogen and oxygen atoms in total. The van der Waals surface area contributed by atoms with E-state index in [-0.39, 0.29) is 17.2 Å². The molecule has 28 heavy (non-hydrogen) atoms. The summed E-state index contributed by atoms with van der Waals surface area (Å²) in [7, 11) is 0. The van der Waals surface area contributed by atoms with Crippen molar-refractivity contribution >= 4 is 49.7 Å². The quantitative estimate of drug-likeness (QED) is 0.669. The maximum atomic E-state index is 12.5. The van der Waals surface area contributed by atoms with E-state index in [4.69, 9.17) is 5.73 Å². The van der Waals surface area contributed by atoms with Gasteiger partial charge in [0.2, 0.25) is 5.91 Å². The first-order valence-corrected chi connectivity index (χ1v) is 10.9. The molecule has 8 heteroatoms.